The van der Waals surface area contributed by atoms with Crippen molar-refractivity contribution in [1.29, 1.82) is 0 Å². The van der Waals surface area contributed by atoms with Gasteiger partial charge in [-0.05, 0) is 36.4 Å². The fourth-order valence-corrected chi connectivity index (χ4v) is 3.83. The molecule has 0 radical (unpaired) electrons. The number of ether oxygens (including phenoxy) is 2. The molecule has 160 valence electrons. The minimum Gasteiger partial charge on any atom is -0.486 e. The summed E-state index contributed by atoms with van der Waals surface area (Å²) in [5.41, 5.74) is 3.30. The average Bonchev–Trinajstić information content (AvgIpc) is 3.32. The largest absolute Gasteiger partial charge is 0.486 e. The number of aromatic nitrogens is 1. The van der Waals surface area contributed by atoms with E-state index in [2.05, 4.69) is 10.3 Å². The van der Waals surface area contributed by atoms with Crippen molar-refractivity contribution in [3.8, 4) is 16.3 Å². The van der Waals surface area contributed by atoms with Gasteiger partial charge in [-0.3, -0.25) is 4.79 Å². The molecule has 1 amide bonds. The van der Waals surface area contributed by atoms with Gasteiger partial charge in [-0.1, -0.05) is 42.5 Å². The van der Waals surface area contributed by atoms with Gasteiger partial charge in [-0.15, -0.1) is 11.3 Å². The maximum atomic E-state index is 12.7. The van der Waals surface area contributed by atoms with Gasteiger partial charge in [-0.25, -0.2) is 9.78 Å². The van der Waals surface area contributed by atoms with Gasteiger partial charge in [0.2, 0.25) is 0 Å². The summed E-state index contributed by atoms with van der Waals surface area (Å²) in [6, 6.07) is 23.5. The predicted octanol–water partition coefficient (Wildman–Crippen LogP) is 5.43. The number of benzene rings is 3. The molecular weight excluding hydrogens is 424 g/mol. The molecule has 0 atom stereocenters. The van der Waals surface area contributed by atoms with Crippen LogP contribution in [0, 0.1) is 0 Å². The third kappa shape index (κ3) is 5.01. The number of esters is 1. The van der Waals surface area contributed by atoms with Crippen LogP contribution in [0.5, 0.6) is 5.75 Å². The van der Waals surface area contributed by atoms with E-state index in [9.17, 15) is 9.59 Å². The van der Waals surface area contributed by atoms with E-state index in [0.717, 1.165) is 22.0 Å². The van der Waals surface area contributed by atoms with Crippen LogP contribution in [-0.4, -0.2) is 24.0 Å². The Morgan fingerprint density at radius 2 is 1.66 bits per heavy atom. The Labute approximate surface area is 189 Å². The Morgan fingerprint density at radius 3 is 2.41 bits per heavy atom. The molecule has 4 aromatic rings. The lowest BCUT2D eigenvalue weighted by molar-refractivity contribution is 0.0600. The zero-order chi connectivity index (χ0) is 22.3. The van der Waals surface area contributed by atoms with E-state index in [-0.39, 0.29) is 18.5 Å². The standard InChI is InChI=1S/C25H20N2O4S/c1-30-25(29)18-13-11-17(12-14-18)24-27-20(16-32-24)15-31-22-10-6-5-9-21(22)23(28)26-19-7-3-2-4-8-19/h2-14,16H,15H2,1H3,(H,26,28). The number of nitrogens with one attached hydrogen (secondary N) is 1. The van der Waals surface area contributed by atoms with E-state index >= 15 is 0 Å². The van der Waals surface area contributed by atoms with Crippen LogP contribution in [0.25, 0.3) is 10.6 Å². The van der Waals surface area contributed by atoms with E-state index in [4.69, 9.17) is 9.47 Å². The lowest BCUT2D eigenvalue weighted by Gasteiger charge is -2.11. The average molecular weight is 445 g/mol. The maximum absolute atomic E-state index is 12.7. The summed E-state index contributed by atoms with van der Waals surface area (Å²) in [5, 5.41) is 5.60. The number of amides is 1. The van der Waals surface area contributed by atoms with E-state index in [1.165, 1.54) is 18.4 Å². The summed E-state index contributed by atoms with van der Waals surface area (Å²) in [6.45, 7) is 0.229. The molecule has 1 heterocycles. The van der Waals surface area contributed by atoms with Gasteiger partial charge in [0, 0.05) is 16.6 Å². The summed E-state index contributed by atoms with van der Waals surface area (Å²) in [7, 11) is 1.35. The summed E-state index contributed by atoms with van der Waals surface area (Å²) in [4.78, 5) is 28.9. The van der Waals surface area contributed by atoms with Crippen LogP contribution in [0.1, 0.15) is 26.4 Å². The number of hydrogen-bond donors (Lipinski definition) is 1. The summed E-state index contributed by atoms with van der Waals surface area (Å²) >= 11 is 1.48. The number of carbonyl (C=O) groups excluding carboxylic acids is 2. The van der Waals surface area contributed by atoms with Crippen LogP contribution in [0.15, 0.2) is 84.2 Å². The molecule has 4 rings (SSSR count). The van der Waals surface area contributed by atoms with Crippen molar-refractivity contribution in [2.24, 2.45) is 0 Å². The van der Waals surface area contributed by atoms with Crippen molar-refractivity contribution in [3.05, 3.63) is 101 Å². The number of nitrogens with zero attached hydrogens (tertiary/aromatic N) is 1. The third-order valence-corrected chi connectivity index (χ3v) is 5.58. The monoisotopic (exact) mass is 444 g/mol. The van der Waals surface area contributed by atoms with E-state index in [1.807, 2.05) is 53.9 Å². The number of methoxy groups -OCH3 is 1. The van der Waals surface area contributed by atoms with Crippen molar-refractivity contribution in [2.45, 2.75) is 6.61 Å². The molecule has 7 heteroatoms. The smallest absolute Gasteiger partial charge is 0.337 e. The first-order chi connectivity index (χ1) is 15.6. The molecule has 0 saturated heterocycles. The number of para-hydroxylation sites is 2. The quantitative estimate of drug-likeness (QED) is 0.385. The lowest BCUT2D eigenvalue weighted by Crippen LogP contribution is -2.13. The van der Waals surface area contributed by atoms with Gasteiger partial charge in [0.25, 0.3) is 5.91 Å². The highest BCUT2D eigenvalue weighted by molar-refractivity contribution is 7.13. The molecule has 0 aliphatic carbocycles. The van der Waals surface area contributed by atoms with Crippen molar-refractivity contribution < 1.29 is 19.1 Å². The second-order valence-electron chi connectivity index (χ2n) is 6.82. The predicted molar refractivity (Wildman–Crippen MR) is 124 cm³/mol. The fourth-order valence-electron chi connectivity index (χ4n) is 3.02. The molecule has 3 aromatic carbocycles. The highest BCUT2D eigenvalue weighted by Crippen LogP contribution is 2.26. The van der Waals surface area contributed by atoms with E-state index in [0.29, 0.717) is 16.9 Å². The van der Waals surface area contributed by atoms with Gasteiger partial charge >= 0.3 is 5.97 Å². The molecule has 0 bridgehead atoms. The molecular formula is C25H20N2O4S. The molecule has 0 spiro atoms. The Balaban J connectivity index is 1.43. The lowest BCUT2D eigenvalue weighted by atomic mass is 10.1. The first-order valence-electron chi connectivity index (χ1n) is 9.85. The molecule has 6 nitrogen and oxygen atoms in total. The molecule has 1 aromatic heterocycles. The van der Waals surface area contributed by atoms with Gasteiger partial charge in [0.05, 0.1) is 23.9 Å². The normalized spacial score (nSPS) is 10.4. The number of carbonyl (C=O) groups is 2. The molecule has 0 aliphatic heterocycles. The number of anilines is 1. The Morgan fingerprint density at radius 1 is 0.938 bits per heavy atom. The fraction of sp³-hybridized carbons (Fsp3) is 0.0800. The second kappa shape index (κ2) is 9.89. The first-order valence-corrected chi connectivity index (χ1v) is 10.7. The number of thiazole rings is 1. The van der Waals surface area contributed by atoms with Crippen molar-refractivity contribution in [1.82, 2.24) is 4.98 Å². The minimum absolute atomic E-state index is 0.229. The molecule has 0 saturated carbocycles. The summed E-state index contributed by atoms with van der Waals surface area (Å²) < 4.78 is 10.6. The number of hydrogen-bond acceptors (Lipinski definition) is 6. The van der Waals surface area contributed by atoms with Crippen LogP contribution in [0.2, 0.25) is 0 Å². The molecule has 32 heavy (non-hydrogen) atoms. The highest BCUT2D eigenvalue weighted by Gasteiger charge is 2.14. The van der Waals surface area contributed by atoms with Gasteiger partial charge < -0.3 is 14.8 Å². The minimum atomic E-state index is -0.375. The van der Waals surface area contributed by atoms with E-state index in [1.54, 1.807) is 30.3 Å². The topological polar surface area (TPSA) is 77.5 Å². The second-order valence-corrected chi connectivity index (χ2v) is 7.68. The molecule has 0 fully saturated rings. The molecule has 1 N–H and O–H groups in total. The third-order valence-electron chi connectivity index (χ3n) is 4.64. The zero-order valence-corrected chi connectivity index (χ0v) is 18.1. The van der Waals surface area contributed by atoms with Crippen LogP contribution in [-0.2, 0) is 11.3 Å². The van der Waals surface area contributed by atoms with Gasteiger partial charge in [-0.2, -0.15) is 0 Å². The Kier molecular flexibility index (Phi) is 6.57. The molecule has 0 aliphatic rings. The molecule has 0 unspecified atom stereocenters. The number of rotatable bonds is 7. The summed E-state index contributed by atoms with van der Waals surface area (Å²) in [6.07, 6.45) is 0. The SMILES string of the molecule is COC(=O)c1ccc(-c2nc(COc3ccccc3C(=O)Nc3ccccc3)cs2)cc1. The first kappa shape index (κ1) is 21.3. The maximum Gasteiger partial charge on any atom is 0.337 e. The highest BCUT2D eigenvalue weighted by atomic mass is 32.1. The van der Waals surface area contributed by atoms with Crippen molar-refractivity contribution in [2.75, 3.05) is 12.4 Å². The summed E-state index contributed by atoms with van der Waals surface area (Å²) in [5.74, 6) is -0.130. The van der Waals surface area contributed by atoms with Crippen molar-refractivity contribution in [3.63, 3.8) is 0 Å². The zero-order valence-electron chi connectivity index (χ0n) is 17.3. The van der Waals surface area contributed by atoms with Crippen LogP contribution < -0.4 is 10.1 Å². The van der Waals surface area contributed by atoms with Crippen molar-refractivity contribution >= 4 is 28.9 Å². The van der Waals surface area contributed by atoms with Crippen LogP contribution in [0.3, 0.4) is 0 Å². The van der Waals surface area contributed by atoms with E-state index < -0.39 is 0 Å². The van der Waals surface area contributed by atoms with Gasteiger partial charge in [0.1, 0.15) is 17.4 Å². The van der Waals surface area contributed by atoms with Crippen LogP contribution >= 0.6 is 11.3 Å². The van der Waals surface area contributed by atoms with Crippen LogP contribution in [0.4, 0.5) is 5.69 Å². The Bertz CT molecular complexity index is 1220. The van der Waals surface area contributed by atoms with Gasteiger partial charge in [0.15, 0.2) is 0 Å². The Hall–Kier alpha value is -3.97.